The molecule has 4 rings (SSSR count). The number of ether oxygens (including phenoxy) is 3. The van der Waals surface area contributed by atoms with E-state index in [1.165, 1.54) is 21.0 Å². The smallest absolute Gasteiger partial charge is 0.313 e. The number of esters is 3. The number of rotatable bonds is 3. The summed E-state index contributed by atoms with van der Waals surface area (Å²) in [7, 11) is 1.37. The van der Waals surface area contributed by atoms with Crippen molar-refractivity contribution in [3.05, 3.63) is 23.7 Å². The van der Waals surface area contributed by atoms with Crippen LogP contribution in [0.5, 0.6) is 0 Å². The van der Waals surface area contributed by atoms with Crippen molar-refractivity contribution in [3.63, 3.8) is 0 Å². The van der Waals surface area contributed by atoms with Crippen LogP contribution in [-0.2, 0) is 35.0 Å². The third kappa shape index (κ3) is 3.32. The maximum absolute atomic E-state index is 12.9. The fourth-order valence-corrected chi connectivity index (χ4v) is 7.39. The molecule has 7 atom stereocenters. The van der Waals surface area contributed by atoms with Gasteiger partial charge in [0.25, 0.3) is 0 Å². The van der Waals surface area contributed by atoms with Crippen LogP contribution in [0.2, 0.25) is 0 Å². The van der Waals surface area contributed by atoms with E-state index < -0.39 is 46.5 Å². The van der Waals surface area contributed by atoms with Crippen molar-refractivity contribution in [1.82, 2.24) is 0 Å². The van der Waals surface area contributed by atoms with Gasteiger partial charge in [0.05, 0.1) is 24.9 Å². The first kappa shape index (κ1) is 23.8. The molecule has 0 aromatic carbocycles. The standard InChI is InChI=1S/C25H34O8/c1-13(26)32-19-12-23(3,4)25(29)9-7-15-17(24(25,5)21(19)33-14(2)27)11-18-16(8-10-31-18)20(15)22(28)30-6/h8,10,15,17,19-21,29H,7,9,11-12H2,1-6H3. The fourth-order valence-electron chi connectivity index (χ4n) is 7.39. The largest absolute Gasteiger partial charge is 0.469 e. The zero-order valence-electron chi connectivity index (χ0n) is 20.2. The molecule has 1 aromatic heterocycles. The summed E-state index contributed by atoms with van der Waals surface area (Å²) >= 11 is 0. The Kier molecular flexibility index (Phi) is 5.67. The van der Waals surface area contributed by atoms with E-state index in [4.69, 9.17) is 18.6 Å². The van der Waals surface area contributed by atoms with Crippen molar-refractivity contribution >= 4 is 17.9 Å². The van der Waals surface area contributed by atoms with Crippen molar-refractivity contribution in [2.75, 3.05) is 7.11 Å². The second kappa shape index (κ2) is 7.86. The lowest BCUT2D eigenvalue weighted by Crippen LogP contribution is -2.75. The van der Waals surface area contributed by atoms with Crippen LogP contribution < -0.4 is 0 Å². The molecular weight excluding hydrogens is 428 g/mol. The average molecular weight is 463 g/mol. The topological polar surface area (TPSA) is 112 Å². The van der Waals surface area contributed by atoms with Gasteiger partial charge < -0.3 is 23.7 Å². The van der Waals surface area contributed by atoms with Crippen LogP contribution in [0.3, 0.4) is 0 Å². The molecule has 7 unspecified atom stereocenters. The Morgan fingerprint density at radius 1 is 1.12 bits per heavy atom. The van der Waals surface area contributed by atoms with Crippen LogP contribution in [0.4, 0.5) is 0 Å². The molecule has 0 spiro atoms. The van der Waals surface area contributed by atoms with E-state index >= 15 is 0 Å². The maximum atomic E-state index is 12.9. The number of carbonyl (C=O) groups excluding carboxylic acids is 3. The van der Waals surface area contributed by atoms with E-state index in [1.54, 1.807) is 6.26 Å². The highest BCUT2D eigenvalue weighted by Crippen LogP contribution is 2.67. The summed E-state index contributed by atoms with van der Waals surface area (Å²) in [6, 6.07) is 1.81. The second-order valence-corrected chi connectivity index (χ2v) is 10.7. The van der Waals surface area contributed by atoms with Gasteiger partial charge >= 0.3 is 17.9 Å². The van der Waals surface area contributed by atoms with Crippen molar-refractivity contribution in [2.45, 2.75) is 84.0 Å². The monoisotopic (exact) mass is 462 g/mol. The molecule has 1 N–H and O–H groups in total. The average Bonchev–Trinajstić information content (AvgIpc) is 3.19. The zero-order valence-corrected chi connectivity index (χ0v) is 20.2. The van der Waals surface area contributed by atoms with E-state index in [9.17, 15) is 19.5 Å². The Morgan fingerprint density at radius 3 is 2.39 bits per heavy atom. The zero-order chi connectivity index (χ0) is 24.3. The van der Waals surface area contributed by atoms with Gasteiger partial charge in [0, 0.05) is 31.2 Å². The van der Waals surface area contributed by atoms with Crippen molar-refractivity contribution < 1.29 is 38.1 Å². The minimum atomic E-state index is -1.23. The molecule has 3 aliphatic rings. The maximum Gasteiger partial charge on any atom is 0.313 e. The quantitative estimate of drug-likeness (QED) is 0.539. The van der Waals surface area contributed by atoms with Crippen LogP contribution in [0.25, 0.3) is 0 Å². The predicted molar refractivity (Wildman–Crippen MR) is 116 cm³/mol. The van der Waals surface area contributed by atoms with Gasteiger partial charge in [-0.25, -0.2) is 0 Å². The Morgan fingerprint density at radius 2 is 1.79 bits per heavy atom. The van der Waals surface area contributed by atoms with Gasteiger partial charge in [0.1, 0.15) is 18.0 Å². The molecule has 182 valence electrons. The normalized spacial score (nSPS) is 38.8. The number of hydrogen-bond acceptors (Lipinski definition) is 8. The Balaban J connectivity index is 1.90. The van der Waals surface area contributed by atoms with Crippen molar-refractivity contribution in [2.24, 2.45) is 22.7 Å². The molecule has 0 radical (unpaired) electrons. The number of carbonyl (C=O) groups is 3. The van der Waals surface area contributed by atoms with Gasteiger partial charge in [-0.3, -0.25) is 14.4 Å². The first-order chi connectivity index (χ1) is 15.4. The molecule has 3 aliphatic carbocycles. The van der Waals surface area contributed by atoms with Gasteiger partial charge in [-0.2, -0.15) is 0 Å². The lowest BCUT2D eigenvalue weighted by molar-refractivity contribution is -0.303. The molecule has 0 amide bonds. The molecule has 0 aliphatic heterocycles. The molecule has 1 heterocycles. The molecule has 0 bridgehead atoms. The van der Waals surface area contributed by atoms with Gasteiger partial charge in [-0.05, 0) is 42.6 Å². The van der Waals surface area contributed by atoms with E-state index in [0.29, 0.717) is 31.4 Å². The van der Waals surface area contributed by atoms with E-state index in [2.05, 4.69) is 0 Å². The number of fused-ring (bicyclic) bond motifs is 4. The highest BCUT2D eigenvalue weighted by molar-refractivity contribution is 5.79. The van der Waals surface area contributed by atoms with E-state index in [0.717, 1.165) is 5.56 Å². The van der Waals surface area contributed by atoms with E-state index in [-0.39, 0.29) is 17.8 Å². The molecule has 33 heavy (non-hydrogen) atoms. The Bertz CT molecular complexity index is 963. The fraction of sp³-hybridized carbons (Fsp3) is 0.720. The van der Waals surface area contributed by atoms with Crippen LogP contribution in [0, 0.1) is 22.7 Å². The summed E-state index contributed by atoms with van der Waals surface area (Å²) in [6.45, 7) is 8.48. The molecular formula is C25H34O8. The van der Waals surface area contributed by atoms with Crippen molar-refractivity contribution in [3.8, 4) is 0 Å². The Labute approximate surface area is 193 Å². The number of furan rings is 1. The highest BCUT2D eigenvalue weighted by atomic mass is 16.6. The first-order valence-corrected chi connectivity index (χ1v) is 11.6. The highest BCUT2D eigenvalue weighted by Gasteiger charge is 2.73. The predicted octanol–water partition coefficient (Wildman–Crippen LogP) is 3.15. The summed E-state index contributed by atoms with van der Waals surface area (Å²) in [4.78, 5) is 37.2. The van der Waals surface area contributed by atoms with Crippen LogP contribution in [0.1, 0.15) is 71.1 Å². The van der Waals surface area contributed by atoms with Gasteiger partial charge in [0.15, 0.2) is 0 Å². The van der Waals surface area contributed by atoms with Crippen LogP contribution >= 0.6 is 0 Å². The summed E-state index contributed by atoms with van der Waals surface area (Å²) in [5.74, 6) is -1.64. The van der Waals surface area contributed by atoms with Crippen LogP contribution in [-0.4, -0.2) is 47.9 Å². The van der Waals surface area contributed by atoms with Crippen LogP contribution in [0.15, 0.2) is 16.7 Å². The van der Waals surface area contributed by atoms with Crippen molar-refractivity contribution in [1.29, 1.82) is 0 Å². The molecule has 2 saturated carbocycles. The van der Waals surface area contributed by atoms with E-state index in [1.807, 2.05) is 26.8 Å². The molecule has 8 heteroatoms. The third-order valence-corrected chi connectivity index (χ3v) is 8.79. The van der Waals surface area contributed by atoms with Gasteiger partial charge in [0.2, 0.25) is 0 Å². The summed E-state index contributed by atoms with van der Waals surface area (Å²) < 4.78 is 22.5. The lowest BCUT2D eigenvalue weighted by atomic mass is 9.40. The summed E-state index contributed by atoms with van der Waals surface area (Å²) in [6.07, 6.45) is 1.82. The van der Waals surface area contributed by atoms with Gasteiger partial charge in [-0.15, -0.1) is 0 Å². The first-order valence-electron chi connectivity index (χ1n) is 11.6. The molecule has 2 fully saturated rings. The lowest BCUT2D eigenvalue weighted by Gasteiger charge is -2.68. The minimum absolute atomic E-state index is 0.155. The molecule has 0 saturated heterocycles. The summed E-state index contributed by atoms with van der Waals surface area (Å²) in [5.41, 5.74) is -2.08. The second-order valence-electron chi connectivity index (χ2n) is 10.7. The molecule has 8 nitrogen and oxygen atoms in total. The van der Waals surface area contributed by atoms with Gasteiger partial charge in [-0.1, -0.05) is 20.8 Å². The number of aliphatic hydroxyl groups is 1. The molecule has 1 aromatic rings. The number of methoxy groups -OCH3 is 1. The Hall–Kier alpha value is -2.35. The summed E-state index contributed by atoms with van der Waals surface area (Å²) in [5, 5.41) is 12.4. The SMILES string of the molecule is COC(=O)C1c2ccoc2CC2C1CCC1(O)C(C)(C)CC(OC(C)=O)C(OC(C)=O)C21C. The number of hydrogen-bond donors (Lipinski definition) is 1. The third-order valence-electron chi connectivity index (χ3n) is 8.79. The minimum Gasteiger partial charge on any atom is -0.469 e.